The number of hydrogen-bond donors (Lipinski definition) is 0. The van der Waals surface area contributed by atoms with E-state index in [-0.39, 0.29) is 5.92 Å². The molecule has 1 saturated heterocycles. The second kappa shape index (κ2) is 8.83. The van der Waals surface area contributed by atoms with Crippen LogP contribution in [-0.2, 0) is 0 Å². The molecule has 0 amide bonds. The van der Waals surface area contributed by atoms with E-state index < -0.39 is 0 Å². The van der Waals surface area contributed by atoms with Gasteiger partial charge < -0.3 is 14.4 Å². The first-order chi connectivity index (χ1) is 16.2. The van der Waals surface area contributed by atoms with Crippen molar-refractivity contribution in [2.75, 3.05) is 20.2 Å². The summed E-state index contributed by atoms with van der Waals surface area (Å²) in [6, 6.07) is 20.0. The Hall–Kier alpha value is -4.05. The van der Waals surface area contributed by atoms with Gasteiger partial charge in [0.1, 0.15) is 17.4 Å². The number of hydrogen-bond acceptors (Lipinski definition) is 5. The average Bonchev–Trinajstić information content (AvgIpc) is 3.50. The van der Waals surface area contributed by atoms with Crippen LogP contribution < -0.4 is 9.47 Å². The van der Waals surface area contributed by atoms with Crippen LogP contribution in [0.25, 0.3) is 5.69 Å². The second-order valence-electron chi connectivity index (χ2n) is 8.18. The summed E-state index contributed by atoms with van der Waals surface area (Å²) in [5.41, 5.74) is 4.00. The van der Waals surface area contributed by atoms with Gasteiger partial charge in [-0.15, -0.1) is 0 Å². The van der Waals surface area contributed by atoms with Gasteiger partial charge in [-0.3, -0.25) is 0 Å². The summed E-state index contributed by atoms with van der Waals surface area (Å²) >= 11 is 0. The molecule has 1 unspecified atom stereocenters. The van der Waals surface area contributed by atoms with E-state index >= 15 is 0 Å². The van der Waals surface area contributed by atoms with Gasteiger partial charge in [-0.2, -0.15) is 10.4 Å². The highest BCUT2D eigenvalue weighted by Crippen LogP contribution is 2.46. The Morgan fingerprint density at radius 3 is 2.52 bits per heavy atom. The number of aliphatic imine (C=N–C) groups is 1. The fourth-order valence-corrected chi connectivity index (χ4v) is 4.44. The van der Waals surface area contributed by atoms with E-state index in [4.69, 9.17) is 14.6 Å². The first kappa shape index (κ1) is 20.8. The molecule has 0 radical (unpaired) electrons. The van der Waals surface area contributed by atoms with E-state index in [0.29, 0.717) is 17.3 Å². The van der Waals surface area contributed by atoms with Gasteiger partial charge in [0, 0.05) is 13.1 Å². The van der Waals surface area contributed by atoms with Crippen LogP contribution >= 0.6 is 0 Å². The lowest BCUT2D eigenvalue weighted by Crippen LogP contribution is -2.20. The highest BCUT2D eigenvalue weighted by molar-refractivity contribution is 5.62. The third-order valence-electron chi connectivity index (χ3n) is 6.11. The number of likely N-dealkylation sites (tertiary alicyclic amines) is 1. The molecule has 7 heteroatoms. The van der Waals surface area contributed by atoms with Crippen molar-refractivity contribution in [1.29, 1.82) is 5.26 Å². The third kappa shape index (κ3) is 3.85. The monoisotopic (exact) mass is 439 g/mol. The smallest absolute Gasteiger partial charge is 0.237 e. The normalized spacial score (nSPS) is 17.7. The molecule has 7 nitrogen and oxygen atoms in total. The van der Waals surface area contributed by atoms with Crippen LogP contribution in [-0.4, -0.2) is 41.2 Å². The Kier molecular flexibility index (Phi) is 5.57. The molecule has 0 N–H and O–H groups in total. The van der Waals surface area contributed by atoms with Gasteiger partial charge in [-0.1, -0.05) is 30.3 Å². The van der Waals surface area contributed by atoms with Crippen molar-refractivity contribution in [3.63, 3.8) is 0 Å². The predicted octanol–water partition coefficient (Wildman–Crippen LogP) is 4.57. The van der Waals surface area contributed by atoms with Crippen LogP contribution in [0.1, 0.15) is 35.6 Å². The Morgan fingerprint density at radius 1 is 1.12 bits per heavy atom. The van der Waals surface area contributed by atoms with Gasteiger partial charge in [-0.05, 0) is 49.6 Å². The van der Waals surface area contributed by atoms with E-state index in [9.17, 15) is 5.26 Å². The molecule has 33 heavy (non-hydrogen) atoms. The van der Waals surface area contributed by atoms with Gasteiger partial charge in [0.05, 0.1) is 36.3 Å². The first-order valence-corrected chi connectivity index (χ1v) is 11.1. The molecular weight excluding hydrogens is 414 g/mol. The zero-order valence-corrected chi connectivity index (χ0v) is 18.7. The number of allylic oxidation sites excluding steroid dienone is 1. The van der Waals surface area contributed by atoms with Gasteiger partial charge in [-0.25, -0.2) is 9.67 Å². The molecule has 0 bridgehead atoms. The molecule has 5 rings (SSSR count). The van der Waals surface area contributed by atoms with E-state index in [2.05, 4.69) is 16.0 Å². The van der Waals surface area contributed by atoms with Gasteiger partial charge in [0.15, 0.2) is 0 Å². The van der Waals surface area contributed by atoms with Crippen molar-refractivity contribution in [2.45, 2.75) is 25.7 Å². The zero-order chi connectivity index (χ0) is 22.8. The molecule has 2 aliphatic rings. The maximum absolute atomic E-state index is 10.2. The molecule has 0 spiro atoms. The average molecular weight is 440 g/mol. The molecule has 1 fully saturated rings. The van der Waals surface area contributed by atoms with Gasteiger partial charge in [0.2, 0.25) is 11.8 Å². The Bertz CT molecular complexity index is 1250. The van der Waals surface area contributed by atoms with Gasteiger partial charge in [0.25, 0.3) is 0 Å². The van der Waals surface area contributed by atoms with E-state index in [0.717, 1.165) is 54.2 Å². The van der Waals surface area contributed by atoms with Crippen molar-refractivity contribution in [3.8, 4) is 23.4 Å². The van der Waals surface area contributed by atoms with Crippen molar-refractivity contribution < 1.29 is 9.47 Å². The standard InChI is InChI=1S/C26H25N5O2/c1-18-23-24(19-10-12-21(32-2)13-11-19)22(16-27)25(28-17-30-14-6-7-15-30)33-26(23)31(29-18)20-8-4-3-5-9-20/h3-5,8-13,17,24H,6-7,14-15H2,1-2H3. The molecule has 2 aromatic carbocycles. The Balaban J connectivity index is 1.67. The minimum atomic E-state index is -0.340. The lowest BCUT2D eigenvalue weighted by Gasteiger charge is -2.25. The van der Waals surface area contributed by atoms with Crippen molar-refractivity contribution >= 4 is 6.34 Å². The number of nitrogens with zero attached hydrogens (tertiary/aromatic N) is 5. The fraction of sp³-hybridized carbons (Fsp3) is 0.269. The summed E-state index contributed by atoms with van der Waals surface area (Å²) in [4.78, 5) is 6.80. The highest BCUT2D eigenvalue weighted by Gasteiger charge is 2.37. The number of fused-ring (bicyclic) bond motifs is 1. The Morgan fingerprint density at radius 2 is 1.85 bits per heavy atom. The largest absolute Gasteiger partial charge is 0.497 e. The number of rotatable bonds is 5. The Labute approximate surface area is 193 Å². The maximum Gasteiger partial charge on any atom is 0.237 e. The molecule has 166 valence electrons. The van der Waals surface area contributed by atoms with Crippen LogP contribution in [0.15, 0.2) is 71.0 Å². The van der Waals surface area contributed by atoms with Crippen molar-refractivity contribution in [2.24, 2.45) is 4.99 Å². The number of methoxy groups -OCH3 is 1. The van der Waals surface area contributed by atoms with Crippen LogP contribution in [0.4, 0.5) is 0 Å². The fourth-order valence-electron chi connectivity index (χ4n) is 4.44. The van der Waals surface area contributed by atoms with E-state index in [1.807, 2.05) is 61.5 Å². The molecular formula is C26H25N5O2. The van der Waals surface area contributed by atoms with Crippen LogP contribution in [0.2, 0.25) is 0 Å². The number of para-hydroxylation sites is 1. The number of nitriles is 1. The molecule has 3 aromatic rings. The molecule has 0 saturated carbocycles. The number of benzene rings is 2. The van der Waals surface area contributed by atoms with Crippen LogP contribution in [0, 0.1) is 18.3 Å². The summed E-state index contributed by atoms with van der Waals surface area (Å²) in [5, 5.41) is 15.0. The number of aryl methyl sites for hydroxylation is 1. The molecule has 1 aromatic heterocycles. The summed E-state index contributed by atoms with van der Waals surface area (Å²) in [6.07, 6.45) is 4.09. The van der Waals surface area contributed by atoms with Crippen LogP contribution in [0.3, 0.4) is 0 Å². The lowest BCUT2D eigenvalue weighted by molar-refractivity contribution is 0.366. The number of ether oxygens (including phenoxy) is 2. The summed E-state index contributed by atoms with van der Waals surface area (Å²) in [7, 11) is 1.64. The highest BCUT2D eigenvalue weighted by atomic mass is 16.5. The predicted molar refractivity (Wildman–Crippen MR) is 126 cm³/mol. The van der Waals surface area contributed by atoms with Gasteiger partial charge >= 0.3 is 0 Å². The minimum Gasteiger partial charge on any atom is -0.497 e. The zero-order valence-electron chi connectivity index (χ0n) is 18.7. The minimum absolute atomic E-state index is 0.315. The molecule has 3 heterocycles. The van der Waals surface area contributed by atoms with Crippen molar-refractivity contribution in [1.82, 2.24) is 14.7 Å². The topological polar surface area (TPSA) is 75.7 Å². The number of aromatic nitrogens is 2. The summed E-state index contributed by atoms with van der Waals surface area (Å²) in [5.74, 6) is 1.33. The molecule has 2 aliphatic heterocycles. The molecule has 1 atom stereocenters. The maximum atomic E-state index is 10.2. The SMILES string of the molecule is COc1ccc(C2C(C#N)=C(N=CN3CCCC3)Oc3c2c(C)nn3-c2ccccc2)cc1. The quantitative estimate of drug-likeness (QED) is 0.430. The second-order valence-corrected chi connectivity index (χ2v) is 8.18. The molecule has 0 aliphatic carbocycles. The lowest BCUT2D eigenvalue weighted by atomic mass is 9.84. The van der Waals surface area contributed by atoms with E-state index in [1.54, 1.807) is 18.1 Å². The summed E-state index contributed by atoms with van der Waals surface area (Å²) < 4.78 is 13.4. The van der Waals surface area contributed by atoms with Crippen molar-refractivity contribution in [3.05, 3.63) is 82.9 Å². The van der Waals surface area contributed by atoms with E-state index in [1.165, 1.54) is 0 Å². The summed E-state index contributed by atoms with van der Waals surface area (Å²) in [6.45, 7) is 3.88. The third-order valence-corrected chi connectivity index (χ3v) is 6.11. The first-order valence-electron chi connectivity index (χ1n) is 11.1. The van der Waals surface area contributed by atoms with Crippen LogP contribution in [0.5, 0.6) is 11.6 Å².